The van der Waals surface area contributed by atoms with Crippen molar-refractivity contribution in [3.63, 3.8) is 0 Å². The Morgan fingerprint density at radius 1 is 1.08 bits per heavy atom. The van der Waals surface area contributed by atoms with E-state index in [1.54, 1.807) is 0 Å². The summed E-state index contributed by atoms with van der Waals surface area (Å²) in [5.74, 6) is 0. The fraction of sp³-hybridized carbons (Fsp3) is 1.00. The van der Waals surface area contributed by atoms with Gasteiger partial charge in [-0.25, -0.2) is 0 Å². The molecule has 0 unspecified atom stereocenters. The third-order valence-electron chi connectivity index (χ3n) is 1.31. The minimum Gasteiger partial charge on any atom is -0.327 e. The molecule has 12 heavy (non-hydrogen) atoms. The van der Waals surface area contributed by atoms with Crippen molar-refractivity contribution in [3.05, 3.63) is 0 Å². The standard InChI is InChI=1S/C7H14O5/c1-3-5-6-9-11-7(8-4-2)12-10-6/h6-7H,3-5H2,1-2H3. The molecule has 0 amide bonds. The van der Waals surface area contributed by atoms with Crippen LogP contribution in [0.3, 0.4) is 0 Å². The molecule has 1 rings (SSSR count). The molecule has 0 N–H and O–H groups in total. The van der Waals surface area contributed by atoms with E-state index < -0.39 is 12.8 Å². The lowest BCUT2D eigenvalue weighted by atomic mass is 10.3. The van der Waals surface area contributed by atoms with Crippen LogP contribution < -0.4 is 0 Å². The normalized spacial score (nSPS) is 30.5. The summed E-state index contributed by atoms with van der Waals surface area (Å²) in [6.45, 7) is 3.46. The molecule has 1 aliphatic rings. The molecule has 1 saturated heterocycles. The van der Waals surface area contributed by atoms with E-state index in [0.717, 1.165) is 12.8 Å². The lowest BCUT2D eigenvalue weighted by Crippen LogP contribution is -2.33. The van der Waals surface area contributed by atoms with Crippen LogP contribution in [-0.2, 0) is 24.3 Å². The van der Waals surface area contributed by atoms with Crippen molar-refractivity contribution >= 4 is 0 Å². The summed E-state index contributed by atoms with van der Waals surface area (Å²) in [5.41, 5.74) is 0. The van der Waals surface area contributed by atoms with Crippen molar-refractivity contribution in [2.45, 2.75) is 39.5 Å². The van der Waals surface area contributed by atoms with Gasteiger partial charge in [-0.05, 0) is 6.92 Å². The van der Waals surface area contributed by atoms with Crippen molar-refractivity contribution in [2.75, 3.05) is 6.61 Å². The quantitative estimate of drug-likeness (QED) is 0.608. The minimum atomic E-state index is -0.858. The molecule has 0 atom stereocenters. The summed E-state index contributed by atoms with van der Waals surface area (Å²) in [7, 11) is 0. The lowest BCUT2D eigenvalue weighted by molar-refractivity contribution is -0.627. The van der Waals surface area contributed by atoms with Gasteiger partial charge < -0.3 is 4.74 Å². The maximum atomic E-state index is 4.91. The molecule has 0 bridgehead atoms. The summed E-state index contributed by atoms with van der Waals surface area (Å²) in [6, 6.07) is 0. The van der Waals surface area contributed by atoms with Gasteiger partial charge in [-0.15, -0.1) is 0 Å². The van der Waals surface area contributed by atoms with Gasteiger partial charge in [0.1, 0.15) is 0 Å². The molecule has 0 aromatic heterocycles. The van der Waals surface area contributed by atoms with Crippen LogP contribution in [0.4, 0.5) is 0 Å². The second kappa shape index (κ2) is 5.45. The first-order chi connectivity index (χ1) is 5.86. The Morgan fingerprint density at radius 2 is 1.75 bits per heavy atom. The van der Waals surface area contributed by atoms with Crippen LogP contribution in [0.5, 0.6) is 0 Å². The highest BCUT2D eigenvalue weighted by molar-refractivity contribution is 4.38. The zero-order valence-electron chi connectivity index (χ0n) is 7.32. The first-order valence-corrected chi connectivity index (χ1v) is 4.12. The monoisotopic (exact) mass is 178 g/mol. The van der Waals surface area contributed by atoms with Gasteiger partial charge in [0.2, 0.25) is 6.29 Å². The summed E-state index contributed by atoms with van der Waals surface area (Å²) < 4.78 is 4.91. The van der Waals surface area contributed by atoms with Gasteiger partial charge in [0.25, 0.3) is 0 Å². The zero-order chi connectivity index (χ0) is 8.81. The highest BCUT2D eigenvalue weighted by atomic mass is 17.4. The van der Waals surface area contributed by atoms with Crippen LogP contribution in [0.2, 0.25) is 0 Å². The molecule has 5 nitrogen and oxygen atoms in total. The Bertz CT molecular complexity index is 96.4. The first-order valence-electron chi connectivity index (χ1n) is 4.12. The maximum absolute atomic E-state index is 4.91. The second-order valence-electron chi connectivity index (χ2n) is 2.35. The minimum absolute atomic E-state index is 0.438. The van der Waals surface area contributed by atoms with E-state index in [4.69, 9.17) is 24.3 Å². The van der Waals surface area contributed by atoms with E-state index >= 15 is 0 Å². The molecule has 0 saturated carbocycles. The van der Waals surface area contributed by atoms with Gasteiger partial charge in [0, 0.05) is 13.0 Å². The molecule has 0 spiro atoms. The van der Waals surface area contributed by atoms with E-state index in [1.165, 1.54) is 0 Å². The predicted octanol–water partition coefficient (Wildman–Crippen LogP) is 1.34. The van der Waals surface area contributed by atoms with Crippen LogP contribution in [-0.4, -0.2) is 19.4 Å². The highest BCUT2D eigenvalue weighted by Gasteiger charge is 2.24. The van der Waals surface area contributed by atoms with E-state index in [2.05, 4.69) is 0 Å². The lowest BCUT2D eigenvalue weighted by Gasteiger charge is -2.25. The van der Waals surface area contributed by atoms with E-state index in [1.807, 2.05) is 13.8 Å². The van der Waals surface area contributed by atoms with Crippen LogP contribution in [0.1, 0.15) is 26.7 Å². The molecule has 1 aliphatic heterocycles. The summed E-state index contributed by atoms with van der Waals surface area (Å²) >= 11 is 0. The van der Waals surface area contributed by atoms with Crippen molar-refractivity contribution in [1.29, 1.82) is 0 Å². The molecular weight excluding hydrogens is 164 g/mol. The third-order valence-corrected chi connectivity index (χ3v) is 1.31. The summed E-state index contributed by atoms with van der Waals surface area (Å²) in [4.78, 5) is 19.1. The molecule has 0 aromatic rings. The van der Waals surface area contributed by atoms with Crippen molar-refractivity contribution in [3.8, 4) is 0 Å². The molecule has 0 aliphatic carbocycles. The molecule has 0 radical (unpaired) electrons. The predicted molar refractivity (Wildman–Crippen MR) is 38.5 cm³/mol. The average Bonchev–Trinajstić information content (AvgIpc) is 2.09. The third kappa shape index (κ3) is 3.04. The maximum Gasteiger partial charge on any atom is 0.329 e. The number of rotatable bonds is 4. The number of ether oxygens (including phenoxy) is 1. The number of hydrogen-bond donors (Lipinski definition) is 0. The van der Waals surface area contributed by atoms with E-state index in [9.17, 15) is 0 Å². The SMILES string of the molecule is CCCC1OOC(OCC)OO1. The highest BCUT2D eigenvalue weighted by Crippen LogP contribution is 2.14. The van der Waals surface area contributed by atoms with Gasteiger partial charge in [-0.1, -0.05) is 13.3 Å². The molecule has 1 heterocycles. The van der Waals surface area contributed by atoms with Crippen LogP contribution in [0.25, 0.3) is 0 Å². The topological polar surface area (TPSA) is 46.2 Å². The van der Waals surface area contributed by atoms with Gasteiger partial charge in [0.15, 0.2) is 0 Å². The van der Waals surface area contributed by atoms with Gasteiger partial charge >= 0.3 is 6.48 Å². The Morgan fingerprint density at radius 3 is 2.25 bits per heavy atom. The summed E-state index contributed by atoms with van der Waals surface area (Å²) in [5, 5.41) is 0. The molecule has 0 aromatic carbocycles. The number of hydrogen-bond acceptors (Lipinski definition) is 5. The molecular formula is C7H14O5. The van der Waals surface area contributed by atoms with E-state index in [-0.39, 0.29) is 0 Å². The second-order valence-corrected chi connectivity index (χ2v) is 2.35. The van der Waals surface area contributed by atoms with E-state index in [0.29, 0.717) is 6.61 Å². The Hall–Kier alpha value is -0.200. The largest absolute Gasteiger partial charge is 0.329 e. The van der Waals surface area contributed by atoms with Gasteiger partial charge in [-0.2, -0.15) is 19.6 Å². The molecule has 1 fully saturated rings. The van der Waals surface area contributed by atoms with Crippen molar-refractivity contribution < 1.29 is 24.3 Å². The smallest absolute Gasteiger partial charge is 0.327 e. The van der Waals surface area contributed by atoms with Crippen LogP contribution in [0, 0.1) is 0 Å². The zero-order valence-corrected chi connectivity index (χ0v) is 7.32. The Labute approximate surface area is 71.3 Å². The van der Waals surface area contributed by atoms with Gasteiger partial charge in [0.05, 0.1) is 0 Å². The van der Waals surface area contributed by atoms with Crippen molar-refractivity contribution in [2.24, 2.45) is 0 Å². The van der Waals surface area contributed by atoms with Gasteiger partial charge in [-0.3, -0.25) is 0 Å². The first kappa shape index (κ1) is 9.88. The summed E-state index contributed by atoms with van der Waals surface area (Å²) in [6.07, 6.45) is 1.24. The average molecular weight is 178 g/mol. The van der Waals surface area contributed by atoms with Crippen LogP contribution >= 0.6 is 0 Å². The Balaban J connectivity index is 2.11. The van der Waals surface area contributed by atoms with Crippen molar-refractivity contribution in [1.82, 2.24) is 0 Å². The Kier molecular flexibility index (Phi) is 4.49. The fourth-order valence-electron chi connectivity index (χ4n) is 0.770. The fourth-order valence-corrected chi connectivity index (χ4v) is 0.770. The molecule has 72 valence electrons. The molecule has 5 heteroatoms. The van der Waals surface area contributed by atoms with Crippen LogP contribution in [0.15, 0.2) is 0 Å².